The van der Waals surface area contributed by atoms with E-state index in [1.54, 1.807) is 18.5 Å². The van der Waals surface area contributed by atoms with Crippen molar-refractivity contribution in [1.29, 1.82) is 0 Å². The van der Waals surface area contributed by atoms with Crippen molar-refractivity contribution < 1.29 is 9.53 Å². The second-order valence-electron chi connectivity index (χ2n) is 6.99. The summed E-state index contributed by atoms with van der Waals surface area (Å²) in [4.78, 5) is 22.9. The van der Waals surface area contributed by atoms with Crippen molar-refractivity contribution in [3.05, 3.63) is 78.6 Å². The molecule has 0 bridgehead atoms. The molecule has 1 aromatic heterocycles. The zero-order valence-electron chi connectivity index (χ0n) is 15.7. The normalized spacial score (nSPS) is 16.6. The fraction of sp³-hybridized carbons (Fsp3) is 0.261. The van der Waals surface area contributed by atoms with Crippen LogP contribution in [0.2, 0.25) is 0 Å². The van der Waals surface area contributed by atoms with Crippen molar-refractivity contribution in [2.75, 3.05) is 13.1 Å². The second-order valence-corrected chi connectivity index (χ2v) is 6.99. The lowest BCUT2D eigenvalue weighted by Crippen LogP contribution is -2.45. The van der Waals surface area contributed by atoms with Gasteiger partial charge in [-0.25, -0.2) is 9.97 Å². The maximum atomic E-state index is 12.8. The molecule has 3 aromatic rings. The van der Waals surface area contributed by atoms with Crippen LogP contribution in [0.25, 0.3) is 11.1 Å². The van der Waals surface area contributed by atoms with Crippen LogP contribution in [0.4, 0.5) is 0 Å². The van der Waals surface area contributed by atoms with Gasteiger partial charge in [0.2, 0.25) is 5.91 Å². The smallest absolute Gasteiger partial charge is 0.316 e. The zero-order chi connectivity index (χ0) is 19.2. The monoisotopic (exact) mass is 373 g/mol. The van der Waals surface area contributed by atoms with Gasteiger partial charge in [-0.2, -0.15) is 0 Å². The summed E-state index contributed by atoms with van der Waals surface area (Å²) >= 11 is 0. The van der Waals surface area contributed by atoms with E-state index in [1.807, 2.05) is 35.2 Å². The van der Waals surface area contributed by atoms with Gasteiger partial charge in [-0.15, -0.1) is 0 Å². The predicted molar refractivity (Wildman–Crippen MR) is 108 cm³/mol. The number of carbonyl (C=O) groups is 1. The van der Waals surface area contributed by atoms with Gasteiger partial charge in [-0.05, 0) is 35.6 Å². The minimum Gasteiger partial charge on any atom is -0.458 e. The number of amides is 1. The molecule has 1 aliphatic heterocycles. The molecule has 2 aromatic carbocycles. The third kappa shape index (κ3) is 4.55. The Morgan fingerprint density at radius 1 is 0.964 bits per heavy atom. The van der Waals surface area contributed by atoms with Gasteiger partial charge in [0.1, 0.15) is 6.10 Å². The minimum atomic E-state index is -0.0550. The van der Waals surface area contributed by atoms with Crippen molar-refractivity contribution in [2.24, 2.45) is 0 Å². The Hall–Kier alpha value is -3.21. The first-order chi connectivity index (χ1) is 13.8. The van der Waals surface area contributed by atoms with E-state index >= 15 is 0 Å². The Balaban J connectivity index is 1.35. The highest BCUT2D eigenvalue weighted by atomic mass is 16.5. The van der Waals surface area contributed by atoms with E-state index in [4.69, 9.17) is 4.74 Å². The summed E-state index contributed by atoms with van der Waals surface area (Å²) < 4.78 is 5.83. The Morgan fingerprint density at radius 3 is 2.43 bits per heavy atom. The van der Waals surface area contributed by atoms with Crippen LogP contribution in [0.3, 0.4) is 0 Å². The minimum absolute atomic E-state index is 0.0550. The van der Waals surface area contributed by atoms with Crippen LogP contribution in [0.15, 0.2) is 73.1 Å². The summed E-state index contributed by atoms with van der Waals surface area (Å²) in [6.07, 6.45) is 5.51. The molecule has 0 radical (unpaired) electrons. The Kier molecular flexibility index (Phi) is 5.61. The first kappa shape index (κ1) is 18.2. The number of carbonyl (C=O) groups excluding carboxylic acids is 1. The van der Waals surface area contributed by atoms with Crippen LogP contribution in [-0.4, -0.2) is 40.0 Å². The molecule has 5 nitrogen and oxygen atoms in total. The Labute approximate surface area is 165 Å². The third-order valence-corrected chi connectivity index (χ3v) is 4.96. The van der Waals surface area contributed by atoms with Gasteiger partial charge < -0.3 is 9.64 Å². The van der Waals surface area contributed by atoms with Crippen LogP contribution in [0.5, 0.6) is 6.01 Å². The highest BCUT2D eigenvalue weighted by molar-refractivity contribution is 5.79. The molecular formula is C23H23N3O2. The van der Waals surface area contributed by atoms with Crippen molar-refractivity contribution in [3.63, 3.8) is 0 Å². The molecule has 4 rings (SSSR count). The van der Waals surface area contributed by atoms with E-state index in [1.165, 1.54) is 5.56 Å². The highest BCUT2D eigenvalue weighted by Gasteiger charge is 2.25. The summed E-state index contributed by atoms with van der Waals surface area (Å²) in [5.74, 6) is 0.134. The molecule has 1 unspecified atom stereocenters. The van der Waals surface area contributed by atoms with Gasteiger partial charge in [0.25, 0.3) is 0 Å². The first-order valence-corrected chi connectivity index (χ1v) is 9.64. The summed E-state index contributed by atoms with van der Waals surface area (Å²) in [5, 5.41) is 0. The number of ether oxygens (including phenoxy) is 1. The molecule has 1 fully saturated rings. The molecule has 0 spiro atoms. The summed E-state index contributed by atoms with van der Waals surface area (Å²) in [6, 6.07) is 20.6. The molecule has 28 heavy (non-hydrogen) atoms. The van der Waals surface area contributed by atoms with Crippen LogP contribution >= 0.6 is 0 Å². The van der Waals surface area contributed by atoms with E-state index in [0.717, 1.165) is 30.5 Å². The van der Waals surface area contributed by atoms with E-state index < -0.39 is 0 Å². The number of hydrogen-bond donors (Lipinski definition) is 0. The number of likely N-dealkylation sites (tertiary alicyclic amines) is 1. The van der Waals surface area contributed by atoms with Gasteiger partial charge in [0, 0.05) is 18.9 Å². The van der Waals surface area contributed by atoms with Gasteiger partial charge in [-0.1, -0.05) is 54.6 Å². The number of rotatable bonds is 5. The number of hydrogen-bond acceptors (Lipinski definition) is 4. The van der Waals surface area contributed by atoms with Crippen molar-refractivity contribution in [3.8, 4) is 17.1 Å². The van der Waals surface area contributed by atoms with Gasteiger partial charge >= 0.3 is 6.01 Å². The lowest BCUT2D eigenvalue weighted by atomic mass is 10.0. The molecule has 2 heterocycles. The maximum Gasteiger partial charge on any atom is 0.316 e. The first-order valence-electron chi connectivity index (χ1n) is 9.64. The largest absolute Gasteiger partial charge is 0.458 e. The molecule has 0 aliphatic carbocycles. The molecule has 1 amide bonds. The molecule has 1 aliphatic rings. The van der Waals surface area contributed by atoms with Crippen LogP contribution in [-0.2, 0) is 11.2 Å². The standard InChI is InChI=1S/C23H23N3O2/c27-22(16-18-9-11-20(12-10-18)19-6-2-1-3-7-19)26-15-4-8-21(17-26)28-23-24-13-5-14-25-23/h1-3,5-7,9-14,21H,4,8,15-17H2. The van der Waals surface area contributed by atoms with E-state index in [2.05, 4.69) is 34.2 Å². The van der Waals surface area contributed by atoms with Gasteiger partial charge in [-0.3, -0.25) is 4.79 Å². The third-order valence-electron chi connectivity index (χ3n) is 4.96. The number of aromatic nitrogens is 2. The van der Waals surface area contributed by atoms with E-state index in [-0.39, 0.29) is 12.0 Å². The van der Waals surface area contributed by atoms with Crippen molar-refractivity contribution in [1.82, 2.24) is 14.9 Å². The Bertz CT molecular complexity index is 898. The SMILES string of the molecule is O=C(Cc1ccc(-c2ccccc2)cc1)N1CCCC(Oc2ncccn2)C1. The average molecular weight is 373 g/mol. The predicted octanol–water partition coefficient (Wildman–Crippen LogP) is 3.76. The number of nitrogens with zero attached hydrogens (tertiary/aromatic N) is 3. The van der Waals surface area contributed by atoms with Crippen molar-refractivity contribution in [2.45, 2.75) is 25.4 Å². The molecule has 1 atom stereocenters. The zero-order valence-corrected chi connectivity index (χ0v) is 15.7. The molecule has 142 valence electrons. The maximum absolute atomic E-state index is 12.8. The lowest BCUT2D eigenvalue weighted by Gasteiger charge is -2.32. The van der Waals surface area contributed by atoms with E-state index in [0.29, 0.717) is 19.0 Å². The topological polar surface area (TPSA) is 55.3 Å². The lowest BCUT2D eigenvalue weighted by molar-refractivity contribution is -0.133. The highest BCUT2D eigenvalue weighted by Crippen LogP contribution is 2.20. The summed E-state index contributed by atoms with van der Waals surface area (Å²) in [7, 11) is 0. The van der Waals surface area contributed by atoms with Crippen LogP contribution in [0, 0.1) is 0 Å². The summed E-state index contributed by atoms with van der Waals surface area (Å²) in [5.41, 5.74) is 3.37. The molecule has 0 N–H and O–H groups in total. The van der Waals surface area contributed by atoms with Crippen LogP contribution in [0.1, 0.15) is 18.4 Å². The fourth-order valence-corrected chi connectivity index (χ4v) is 3.49. The molecule has 1 saturated heterocycles. The Morgan fingerprint density at radius 2 is 1.68 bits per heavy atom. The van der Waals surface area contributed by atoms with Gasteiger partial charge in [0.05, 0.1) is 13.0 Å². The molecule has 0 saturated carbocycles. The van der Waals surface area contributed by atoms with Crippen LogP contribution < -0.4 is 4.74 Å². The van der Waals surface area contributed by atoms with E-state index in [9.17, 15) is 4.79 Å². The van der Waals surface area contributed by atoms with Crippen molar-refractivity contribution >= 4 is 5.91 Å². The van der Waals surface area contributed by atoms with Gasteiger partial charge in [0.15, 0.2) is 0 Å². The second kappa shape index (κ2) is 8.65. The summed E-state index contributed by atoms with van der Waals surface area (Å²) in [6.45, 7) is 1.36. The quantitative estimate of drug-likeness (QED) is 0.683. The fourth-order valence-electron chi connectivity index (χ4n) is 3.49. The average Bonchev–Trinajstić information content (AvgIpc) is 2.76. The number of benzene rings is 2. The molecule has 5 heteroatoms. The number of piperidine rings is 1. The molecular weight excluding hydrogens is 350 g/mol.